The third-order valence-electron chi connectivity index (χ3n) is 4.46. The predicted octanol–water partition coefficient (Wildman–Crippen LogP) is 2.97. The molecule has 6 nitrogen and oxygen atoms in total. The van der Waals surface area contributed by atoms with E-state index in [4.69, 9.17) is 11.6 Å². The number of nitrogens with one attached hydrogen (secondary N) is 1. The first-order chi connectivity index (χ1) is 12.1. The summed E-state index contributed by atoms with van der Waals surface area (Å²) < 4.78 is 0. The molecule has 132 valence electrons. The van der Waals surface area contributed by atoms with Gasteiger partial charge in [0.15, 0.2) is 0 Å². The monoisotopic (exact) mass is 360 g/mol. The number of rotatable bonds is 2. The number of aliphatic hydroxyl groups is 1. The van der Waals surface area contributed by atoms with Crippen LogP contribution in [0.2, 0.25) is 5.02 Å². The number of benzene rings is 1. The Morgan fingerprint density at radius 2 is 2.12 bits per heavy atom. The van der Waals surface area contributed by atoms with Crippen LogP contribution in [0.15, 0.2) is 42.6 Å². The zero-order valence-corrected chi connectivity index (χ0v) is 14.8. The van der Waals surface area contributed by atoms with Crippen LogP contribution in [0.3, 0.4) is 0 Å². The molecule has 1 aliphatic rings. The quantitative estimate of drug-likeness (QED) is 0.864. The molecule has 0 aliphatic carbocycles. The van der Waals surface area contributed by atoms with E-state index < -0.39 is 0 Å². The molecule has 7 heteroatoms. The highest BCUT2D eigenvalue weighted by atomic mass is 35.5. The number of halogens is 1. The molecule has 1 unspecified atom stereocenters. The first kappa shape index (κ1) is 17.5. The van der Waals surface area contributed by atoms with E-state index in [-0.39, 0.29) is 18.7 Å². The van der Waals surface area contributed by atoms with Crippen LogP contribution >= 0.6 is 11.6 Å². The number of aromatic nitrogens is 1. The number of pyridine rings is 1. The largest absolute Gasteiger partial charge is 0.394 e. The maximum atomic E-state index is 12.7. The average Bonchev–Trinajstić information content (AvgIpc) is 2.61. The van der Waals surface area contributed by atoms with Gasteiger partial charge in [-0.1, -0.05) is 11.6 Å². The number of hydrogen-bond donors (Lipinski definition) is 2. The Hall–Kier alpha value is -2.31. The third-order valence-corrected chi connectivity index (χ3v) is 4.71. The van der Waals surface area contributed by atoms with Crippen molar-refractivity contribution >= 4 is 29.0 Å². The van der Waals surface area contributed by atoms with Crippen LogP contribution in [-0.4, -0.2) is 47.3 Å². The van der Waals surface area contributed by atoms with E-state index in [9.17, 15) is 9.90 Å². The van der Waals surface area contributed by atoms with Crippen molar-refractivity contribution in [1.29, 1.82) is 0 Å². The number of fused-ring (bicyclic) bond motifs is 1. The Morgan fingerprint density at radius 1 is 1.36 bits per heavy atom. The minimum Gasteiger partial charge on any atom is -0.394 e. The van der Waals surface area contributed by atoms with Crippen molar-refractivity contribution in [2.24, 2.45) is 0 Å². The zero-order valence-electron chi connectivity index (χ0n) is 14.0. The second-order valence-corrected chi connectivity index (χ2v) is 6.50. The summed E-state index contributed by atoms with van der Waals surface area (Å²) in [5.74, 6) is 0. The number of nitrogens with zero attached hydrogens (tertiary/aromatic N) is 3. The van der Waals surface area contributed by atoms with Gasteiger partial charge < -0.3 is 20.2 Å². The number of urea groups is 1. The fourth-order valence-electron chi connectivity index (χ4n) is 2.95. The first-order valence-corrected chi connectivity index (χ1v) is 8.55. The van der Waals surface area contributed by atoms with E-state index >= 15 is 0 Å². The lowest BCUT2D eigenvalue weighted by atomic mass is 10.1. The van der Waals surface area contributed by atoms with Gasteiger partial charge in [0, 0.05) is 30.5 Å². The molecule has 1 aromatic heterocycles. The molecule has 2 N–H and O–H groups in total. The minimum atomic E-state index is -0.194. The van der Waals surface area contributed by atoms with Gasteiger partial charge in [-0.3, -0.25) is 4.98 Å². The van der Waals surface area contributed by atoms with Crippen molar-refractivity contribution in [2.45, 2.75) is 19.0 Å². The molecule has 2 amide bonds. The van der Waals surface area contributed by atoms with E-state index in [1.54, 1.807) is 35.4 Å². The molecule has 2 heterocycles. The summed E-state index contributed by atoms with van der Waals surface area (Å²) in [6.45, 7) is 0.973. The topological polar surface area (TPSA) is 68.7 Å². The molecule has 0 saturated heterocycles. The lowest BCUT2D eigenvalue weighted by Gasteiger charge is -2.35. The maximum Gasteiger partial charge on any atom is 0.322 e. The standard InChI is InChI=1S/C18H21ClN4O2/c1-22-15(12-24)8-10-23(11-16-17(22)3-2-9-20-16)18(25)21-14-6-4-13(19)5-7-14/h2-7,9,15,24H,8,10-12H2,1H3,(H,21,25). The van der Waals surface area contributed by atoms with Crippen molar-refractivity contribution in [2.75, 3.05) is 30.4 Å². The van der Waals surface area contributed by atoms with Crippen LogP contribution in [0.4, 0.5) is 16.2 Å². The van der Waals surface area contributed by atoms with Crippen LogP contribution in [0, 0.1) is 0 Å². The summed E-state index contributed by atoms with van der Waals surface area (Å²) in [6, 6.07) is 10.6. The second kappa shape index (κ2) is 7.72. The summed E-state index contributed by atoms with van der Waals surface area (Å²) in [7, 11) is 1.95. The van der Waals surface area contributed by atoms with E-state index in [1.165, 1.54) is 0 Å². The normalized spacial score (nSPS) is 17.5. The van der Waals surface area contributed by atoms with Crippen LogP contribution < -0.4 is 10.2 Å². The predicted molar refractivity (Wildman–Crippen MR) is 99.0 cm³/mol. The summed E-state index contributed by atoms with van der Waals surface area (Å²) >= 11 is 5.88. The number of anilines is 2. The SMILES string of the molecule is CN1c2cccnc2CN(C(=O)Nc2ccc(Cl)cc2)CCC1CO. The highest BCUT2D eigenvalue weighted by Crippen LogP contribution is 2.25. The van der Waals surface area contributed by atoms with Crippen molar-refractivity contribution < 1.29 is 9.90 Å². The van der Waals surface area contributed by atoms with Crippen LogP contribution in [0.1, 0.15) is 12.1 Å². The molecule has 1 aliphatic heterocycles. The number of aliphatic hydroxyl groups excluding tert-OH is 1. The number of carbonyl (C=O) groups is 1. The van der Waals surface area contributed by atoms with Gasteiger partial charge in [0.1, 0.15) is 0 Å². The van der Waals surface area contributed by atoms with E-state index in [0.717, 1.165) is 11.4 Å². The van der Waals surface area contributed by atoms with E-state index in [0.29, 0.717) is 30.2 Å². The third kappa shape index (κ3) is 4.03. The molecule has 0 fully saturated rings. The van der Waals surface area contributed by atoms with Crippen molar-refractivity contribution in [3.8, 4) is 0 Å². The highest BCUT2D eigenvalue weighted by Gasteiger charge is 2.25. The summed E-state index contributed by atoms with van der Waals surface area (Å²) in [6.07, 6.45) is 2.40. The fourth-order valence-corrected chi connectivity index (χ4v) is 3.08. The highest BCUT2D eigenvalue weighted by molar-refractivity contribution is 6.30. The van der Waals surface area contributed by atoms with Crippen LogP contribution in [0.5, 0.6) is 0 Å². The van der Waals surface area contributed by atoms with Gasteiger partial charge in [-0.25, -0.2) is 4.79 Å². The number of hydrogen-bond acceptors (Lipinski definition) is 4. The lowest BCUT2D eigenvalue weighted by molar-refractivity contribution is 0.195. The van der Waals surface area contributed by atoms with E-state index in [2.05, 4.69) is 10.3 Å². The van der Waals surface area contributed by atoms with Crippen LogP contribution in [-0.2, 0) is 6.54 Å². The van der Waals surface area contributed by atoms with Gasteiger partial charge in [0.05, 0.1) is 30.6 Å². The summed E-state index contributed by atoms with van der Waals surface area (Å²) in [4.78, 5) is 20.9. The number of likely N-dealkylation sites (N-methyl/N-ethyl adjacent to an activating group) is 1. The Morgan fingerprint density at radius 3 is 2.84 bits per heavy atom. The Balaban J connectivity index is 1.81. The zero-order chi connectivity index (χ0) is 17.8. The molecule has 0 bridgehead atoms. The Kier molecular flexibility index (Phi) is 5.40. The number of carbonyl (C=O) groups excluding carboxylic acids is 1. The van der Waals surface area contributed by atoms with Crippen molar-refractivity contribution in [1.82, 2.24) is 9.88 Å². The molecule has 25 heavy (non-hydrogen) atoms. The number of amides is 2. The smallest absolute Gasteiger partial charge is 0.322 e. The molecule has 3 rings (SSSR count). The van der Waals surface area contributed by atoms with Crippen molar-refractivity contribution in [3.63, 3.8) is 0 Å². The first-order valence-electron chi connectivity index (χ1n) is 8.17. The van der Waals surface area contributed by atoms with Gasteiger partial charge in [-0.05, 0) is 42.8 Å². The van der Waals surface area contributed by atoms with Crippen LogP contribution in [0.25, 0.3) is 0 Å². The molecule has 1 atom stereocenters. The van der Waals surface area contributed by atoms with Gasteiger partial charge >= 0.3 is 6.03 Å². The Labute approximate surface area is 152 Å². The summed E-state index contributed by atoms with van der Waals surface area (Å²) in [5, 5.41) is 13.2. The van der Waals surface area contributed by atoms with E-state index in [1.807, 2.05) is 24.1 Å². The molecular formula is C18H21ClN4O2. The van der Waals surface area contributed by atoms with Crippen molar-refractivity contribution in [3.05, 3.63) is 53.3 Å². The fraction of sp³-hybridized carbons (Fsp3) is 0.333. The summed E-state index contributed by atoms with van der Waals surface area (Å²) in [5.41, 5.74) is 2.44. The van der Waals surface area contributed by atoms with Gasteiger partial charge in [-0.15, -0.1) is 0 Å². The van der Waals surface area contributed by atoms with Gasteiger partial charge in [0.25, 0.3) is 0 Å². The molecule has 2 aromatic rings. The van der Waals surface area contributed by atoms with Gasteiger partial charge in [0.2, 0.25) is 0 Å². The minimum absolute atomic E-state index is 0.0253. The molecule has 0 spiro atoms. The van der Waals surface area contributed by atoms with Gasteiger partial charge in [-0.2, -0.15) is 0 Å². The molecule has 0 saturated carbocycles. The second-order valence-electron chi connectivity index (χ2n) is 6.06. The molecule has 0 radical (unpaired) electrons. The molecular weight excluding hydrogens is 340 g/mol. The molecule has 1 aromatic carbocycles. The lowest BCUT2D eigenvalue weighted by Crippen LogP contribution is -2.44. The maximum absolute atomic E-state index is 12.7. The average molecular weight is 361 g/mol. The Bertz CT molecular complexity index is 738.